The Labute approximate surface area is 408 Å². The van der Waals surface area contributed by atoms with Gasteiger partial charge in [-0.15, -0.1) is 0 Å². The molecule has 0 bridgehead atoms. The third-order valence-corrected chi connectivity index (χ3v) is 13.1. The second-order valence-electron chi connectivity index (χ2n) is 17.7. The van der Waals surface area contributed by atoms with Crippen LogP contribution >= 0.6 is 0 Å². The maximum Gasteiger partial charge on any atom is 0.160 e. The lowest BCUT2D eigenvalue weighted by Crippen LogP contribution is -2.01. The first-order chi connectivity index (χ1) is 34.6. The number of aryl methyl sites for hydroxylation is 1. The Morgan fingerprint density at radius 1 is 0.300 bits per heavy atom. The Hall–Kier alpha value is -9.25. The van der Waals surface area contributed by atoms with E-state index in [2.05, 4.69) is 272 Å². The van der Waals surface area contributed by atoms with Gasteiger partial charge in [0.25, 0.3) is 0 Å². The van der Waals surface area contributed by atoms with E-state index in [0.717, 1.165) is 106 Å². The molecule has 0 fully saturated rings. The van der Waals surface area contributed by atoms with E-state index in [4.69, 9.17) is 15.0 Å². The van der Waals surface area contributed by atoms with Gasteiger partial charge in [0.2, 0.25) is 0 Å². The highest BCUT2D eigenvalue weighted by Crippen LogP contribution is 2.42. The van der Waals surface area contributed by atoms with E-state index in [9.17, 15) is 0 Å². The molecular weight excluding hydrogens is 849 g/mol. The molecule has 0 radical (unpaired) electrons. The average Bonchev–Trinajstić information content (AvgIpc) is 3.85. The van der Waals surface area contributed by atoms with E-state index in [1.165, 1.54) is 11.1 Å². The Kier molecular flexibility index (Phi) is 11.1. The molecule has 330 valence electrons. The van der Waals surface area contributed by atoms with Crippen molar-refractivity contribution in [1.82, 2.24) is 19.5 Å². The molecule has 0 saturated carbocycles. The van der Waals surface area contributed by atoms with Crippen LogP contribution < -0.4 is 0 Å². The number of nitrogens with zero attached hydrogens (tertiary/aromatic N) is 4. The summed E-state index contributed by atoms with van der Waals surface area (Å²) in [6.45, 7) is 2.11. The molecule has 70 heavy (non-hydrogen) atoms. The fraction of sp³-hybridized carbons (Fsp3) is 0.0152. The van der Waals surface area contributed by atoms with E-state index in [0.29, 0.717) is 5.82 Å². The summed E-state index contributed by atoms with van der Waals surface area (Å²) >= 11 is 0. The van der Waals surface area contributed by atoms with Gasteiger partial charge in [-0.25, -0.2) is 15.0 Å². The summed E-state index contributed by atoms with van der Waals surface area (Å²) in [7, 11) is 0. The second kappa shape index (κ2) is 18.4. The first-order valence-corrected chi connectivity index (χ1v) is 23.8. The molecule has 12 aromatic rings. The molecule has 0 aliphatic carbocycles. The van der Waals surface area contributed by atoms with E-state index in [1.54, 1.807) is 0 Å². The van der Waals surface area contributed by atoms with Crippen LogP contribution in [0, 0.1) is 6.92 Å². The molecular formula is C66H46N4. The van der Waals surface area contributed by atoms with Crippen molar-refractivity contribution >= 4 is 10.9 Å². The summed E-state index contributed by atoms with van der Waals surface area (Å²) in [6, 6.07) is 92.3. The van der Waals surface area contributed by atoms with Gasteiger partial charge in [0.15, 0.2) is 5.82 Å². The van der Waals surface area contributed by atoms with Gasteiger partial charge in [0, 0.05) is 44.5 Å². The number of benzene rings is 10. The van der Waals surface area contributed by atoms with E-state index in [-0.39, 0.29) is 0 Å². The Morgan fingerprint density at radius 2 is 0.757 bits per heavy atom. The molecule has 4 heteroatoms. The van der Waals surface area contributed by atoms with Crippen LogP contribution in [0.15, 0.2) is 261 Å². The van der Waals surface area contributed by atoms with E-state index >= 15 is 0 Å². The van der Waals surface area contributed by atoms with Gasteiger partial charge >= 0.3 is 0 Å². The maximum atomic E-state index is 5.52. The van der Waals surface area contributed by atoms with E-state index < -0.39 is 0 Å². The number of imidazole rings is 1. The summed E-state index contributed by atoms with van der Waals surface area (Å²) < 4.78 is 2.31. The number of rotatable bonds is 10. The topological polar surface area (TPSA) is 43.6 Å². The van der Waals surface area contributed by atoms with Crippen molar-refractivity contribution in [2.24, 2.45) is 0 Å². The Morgan fingerprint density at radius 3 is 1.34 bits per heavy atom. The Balaban J connectivity index is 1.10. The van der Waals surface area contributed by atoms with Crippen LogP contribution in [0.2, 0.25) is 0 Å². The van der Waals surface area contributed by atoms with Crippen molar-refractivity contribution in [3.8, 4) is 107 Å². The van der Waals surface area contributed by atoms with Crippen molar-refractivity contribution in [2.45, 2.75) is 6.92 Å². The van der Waals surface area contributed by atoms with Gasteiger partial charge in [-0.3, -0.25) is 4.57 Å². The molecule has 0 unspecified atom stereocenters. The van der Waals surface area contributed by atoms with Gasteiger partial charge in [0.1, 0.15) is 5.82 Å². The summed E-state index contributed by atoms with van der Waals surface area (Å²) in [6.07, 6.45) is 0. The second-order valence-corrected chi connectivity index (χ2v) is 17.7. The summed E-state index contributed by atoms with van der Waals surface area (Å²) in [5, 5.41) is 0.968. The molecule has 0 spiro atoms. The van der Waals surface area contributed by atoms with Gasteiger partial charge in [-0.05, 0) is 82.3 Å². The number of aromatic nitrogens is 4. The quantitative estimate of drug-likeness (QED) is 0.137. The molecule has 4 nitrogen and oxygen atoms in total. The van der Waals surface area contributed by atoms with Gasteiger partial charge in [-0.1, -0.05) is 230 Å². The fourth-order valence-electron chi connectivity index (χ4n) is 9.56. The normalized spacial score (nSPS) is 11.2. The molecule has 0 saturated heterocycles. The standard InChI is InChI=1S/C66H46N4/c1-45-33-35-51(36-34-45)65-67-61(49-37-39-58(40-38-49)70-64(50-25-13-5-14-26-50)62(48-23-11-4-12-24-48)69-66(70)52-27-15-6-16-28-52)60-44-57(55-31-17-29-53(41-55)46-19-7-2-8-20-46)43-59(63(60)68-65)56-32-18-30-54(42-56)47-21-9-3-10-22-47/h2-44H,1H3. The highest BCUT2D eigenvalue weighted by Gasteiger charge is 2.24. The predicted molar refractivity (Wildman–Crippen MR) is 290 cm³/mol. The average molecular weight is 895 g/mol. The molecule has 0 atom stereocenters. The number of hydrogen-bond donors (Lipinski definition) is 0. The van der Waals surface area contributed by atoms with Crippen molar-refractivity contribution in [3.05, 3.63) is 266 Å². The van der Waals surface area contributed by atoms with Crippen LogP contribution in [0.25, 0.3) is 118 Å². The minimum absolute atomic E-state index is 0.672. The first kappa shape index (κ1) is 42.1. The molecule has 0 aliphatic heterocycles. The largest absolute Gasteiger partial charge is 0.292 e. The zero-order valence-electron chi connectivity index (χ0n) is 38.6. The zero-order chi connectivity index (χ0) is 46.8. The minimum atomic E-state index is 0.672. The highest BCUT2D eigenvalue weighted by molar-refractivity contribution is 6.05. The molecule has 12 rings (SSSR count). The van der Waals surface area contributed by atoms with Crippen molar-refractivity contribution in [2.75, 3.05) is 0 Å². The lowest BCUT2D eigenvalue weighted by Gasteiger charge is -2.17. The monoisotopic (exact) mass is 894 g/mol. The lowest BCUT2D eigenvalue weighted by molar-refractivity contribution is 1.07. The van der Waals surface area contributed by atoms with Gasteiger partial charge < -0.3 is 0 Å². The first-order valence-electron chi connectivity index (χ1n) is 23.8. The molecule has 0 N–H and O–H groups in total. The molecule has 0 amide bonds. The fourth-order valence-corrected chi connectivity index (χ4v) is 9.56. The smallest absolute Gasteiger partial charge is 0.160 e. The van der Waals surface area contributed by atoms with Crippen molar-refractivity contribution in [1.29, 1.82) is 0 Å². The predicted octanol–water partition coefficient (Wildman–Crippen LogP) is 17.1. The Bertz CT molecular complexity index is 3770. The molecule has 0 aliphatic rings. The van der Waals surface area contributed by atoms with Gasteiger partial charge in [-0.2, -0.15) is 0 Å². The van der Waals surface area contributed by atoms with Gasteiger partial charge in [0.05, 0.1) is 22.6 Å². The maximum absolute atomic E-state index is 5.52. The van der Waals surface area contributed by atoms with Crippen LogP contribution in [-0.2, 0) is 0 Å². The third kappa shape index (κ3) is 8.18. The summed E-state index contributed by atoms with van der Waals surface area (Å²) in [5.41, 5.74) is 19.9. The summed E-state index contributed by atoms with van der Waals surface area (Å²) in [4.78, 5) is 16.5. The number of hydrogen-bond acceptors (Lipinski definition) is 3. The third-order valence-electron chi connectivity index (χ3n) is 13.1. The van der Waals surface area contributed by atoms with Crippen LogP contribution in [0.5, 0.6) is 0 Å². The SMILES string of the molecule is Cc1ccc(-c2nc(-c3ccc(-n4c(-c5ccccc5)nc(-c5ccccc5)c4-c4ccccc4)cc3)c3cc(-c4cccc(-c5ccccc5)c4)cc(-c4cccc(-c5ccccc5)c4)c3n2)cc1. The van der Waals surface area contributed by atoms with Crippen LogP contribution in [0.4, 0.5) is 0 Å². The molecule has 10 aromatic carbocycles. The lowest BCUT2D eigenvalue weighted by atomic mass is 9.91. The highest BCUT2D eigenvalue weighted by atomic mass is 15.1. The summed E-state index contributed by atoms with van der Waals surface area (Å²) in [5.74, 6) is 1.54. The van der Waals surface area contributed by atoms with Crippen molar-refractivity contribution < 1.29 is 0 Å². The van der Waals surface area contributed by atoms with Crippen LogP contribution in [-0.4, -0.2) is 19.5 Å². The van der Waals surface area contributed by atoms with Crippen molar-refractivity contribution in [3.63, 3.8) is 0 Å². The molecule has 2 heterocycles. The molecule has 2 aromatic heterocycles. The van der Waals surface area contributed by atoms with E-state index in [1.807, 2.05) is 0 Å². The van der Waals surface area contributed by atoms with Crippen LogP contribution in [0.1, 0.15) is 5.56 Å². The zero-order valence-corrected chi connectivity index (χ0v) is 38.6. The van der Waals surface area contributed by atoms with Crippen LogP contribution in [0.3, 0.4) is 0 Å². The minimum Gasteiger partial charge on any atom is -0.292 e. The number of fused-ring (bicyclic) bond motifs is 1.